The first-order valence-corrected chi connectivity index (χ1v) is 7.58. The van der Waals surface area contributed by atoms with E-state index in [1.54, 1.807) is 11.8 Å². The van der Waals surface area contributed by atoms with Crippen LogP contribution in [0.15, 0.2) is 27.7 Å². The van der Waals surface area contributed by atoms with Gasteiger partial charge in [0.1, 0.15) is 0 Å². The van der Waals surface area contributed by atoms with Crippen LogP contribution in [0.3, 0.4) is 0 Å². The summed E-state index contributed by atoms with van der Waals surface area (Å²) in [5, 5.41) is 5.01. The van der Waals surface area contributed by atoms with Crippen LogP contribution in [0.25, 0.3) is 0 Å². The van der Waals surface area contributed by atoms with Crippen molar-refractivity contribution in [2.24, 2.45) is 10.9 Å². The largest absolute Gasteiger partial charge is 0.334 e. The van der Waals surface area contributed by atoms with Gasteiger partial charge >= 0.3 is 0 Å². The quantitative estimate of drug-likeness (QED) is 0.720. The first-order chi connectivity index (χ1) is 7.78. The van der Waals surface area contributed by atoms with Crippen LogP contribution in [0.5, 0.6) is 0 Å². The molecule has 1 aliphatic carbocycles. The van der Waals surface area contributed by atoms with Gasteiger partial charge in [0.2, 0.25) is 0 Å². The molecule has 1 saturated carbocycles. The molecule has 0 amide bonds. The molecule has 2 radical (unpaired) electrons. The Hall–Kier alpha value is -0.285. The fraction of sp³-hybridized carbons (Fsp3) is 0.545. The van der Waals surface area contributed by atoms with Crippen molar-refractivity contribution in [3.05, 3.63) is 22.8 Å². The number of allylic oxidation sites excluding steroid dienone is 1. The van der Waals surface area contributed by atoms with Crippen molar-refractivity contribution in [2.45, 2.75) is 17.5 Å². The van der Waals surface area contributed by atoms with Crippen LogP contribution >= 0.6 is 23.5 Å². The van der Waals surface area contributed by atoms with Crippen LogP contribution in [0.1, 0.15) is 6.42 Å². The Morgan fingerprint density at radius 2 is 2.50 bits per heavy atom. The van der Waals surface area contributed by atoms with Gasteiger partial charge in [-0.15, -0.1) is 11.8 Å². The lowest BCUT2D eigenvalue weighted by Crippen LogP contribution is -2.31. The smallest absolute Gasteiger partial charge is 0.161 e. The van der Waals surface area contributed by atoms with Crippen molar-refractivity contribution in [3.8, 4) is 0 Å². The van der Waals surface area contributed by atoms with Crippen molar-refractivity contribution in [3.63, 3.8) is 0 Å². The van der Waals surface area contributed by atoms with Crippen LogP contribution in [0.2, 0.25) is 5.82 Å². The SMILES string of the molecule is [B]C1CC2C=C(C3=CCN=C(SC)N3)S[C@@H]12. The van der Waals surface area contributed by atoms with Crippen LogP contribution < -0.4 is 5.32 Å². The predicted octanol–water partition coefficient (Wildman–Crippen LogP) is 2.17. The summed E-state index contributed by atoms with van der Waals surface area (Å²) in [6.07, 6.45) is 7.73. The topological polar surface area (TPSA) is 24.4 Å². The summed E-state index contributed by atoms with van der Waals surface area (Å²) in [4.78, 5) is 5.73. The number of thioether (sulfide) groups is 2. The molecule has 16 heavy (non-hydrogen) atoms. The lowest BCUT2D eigenvalue weighted by atomic mass is 9.64. The predicted molar refractivity (Wildman–Crippen MR) is 74.1 cm³/mol. The number of amidine groups is 1. The summed E-state index contributed by atoms with van der Waals surface area (Å²) in [5.74, 6) is 1.09. The summed E-state index contributed by atoms with van der Waals surface area (Å²) in [5.41, 5.74) is 1.23. The second kappa shape index (κ2) is 4.19. The average Bonchev–Trinajstić information content (AvgIpc) is 2.67. The van der Waals surface area contributed by atoms with Gasteiger partial charge in [-0.2, -0.15) is 0 Å². The fourth-order valence-corrected chi connectivity index (χ4v) is 4.15. The second-order valence-corrected chi connectivity index (χ2v) is 6.28. The molecule has 2 aliphatic heterocycles. The van der Waals surface area contributed by atoms with Gasteiger partial charge in [0.05, 0.1) is 20.1 Å². The number of hydrogen-bond acceptors (Lipinski definition) is 4. The summed E-state index contributed by atoms with van der Waals surface area (Å²) in [7, 11) is 5.99. The molecule has 1 fully saturated rings. The zero-order valence-electron chi connectivity index (χ0n) is 9.14. The molecule has 82 valence electrons. The number of hydrogen-bond donors (Lipinski definition) is 1. The van der Waals surface area contributed by atoms with E-state index in [0.717, 1.165) is 18.1 Å². The number of rotatable bonds is 1. The molecule has 2 heterocycles. The maximum atomic E-state index is 5.99. The van der Waals surface area contributed by atoms with E-state index in [-0.39, 0.29) is 0 Å². The van der Waals surface area contributed by atoms with Gasteiger partial charge in [-0.1, -0.05) is 23.7 Å². The Kier molecular flexibility index (Phi) is 2.84. The molecular formula is C11H13BN2S2. The first-order valence-electron chi connectivity index (χ1n) is 5.48. The van der Waals surface area contributed by atoms with E-state index in [1.807, 2.05) is 18.0 Å². The van der Waals surface area contributed by atoms with Crippen LogP contribution in [0, 0.1) is 5.92 Å². The van der Waals surface area contributed by atoms with Gasteiger partial charge in [-0.05, 0) is 24.7 Å². The van der Waals surface area contributed by atoms with Crippen molar-refractivity contribution >= 4 is 36.5 Å². The second-order valence-electron chi connectivity index (χ2n) is 4.27. The molecule has 3 atom stereocenters. The molecule has 0 aromatic carbocycles. The standard InChI is InChI=1S/C11H13BN2S2/c1-15-11-13-3-2-8(14-11)9-5-6-4-7(12)10(6)16-9/h2,5-7,10H,3-4H2,1H3,(H,13,14)/t6?,7?,10-/m1/s1. The molecule has 3 aliphatic rings. The normalized spacial score (nSPS) is 36.6. The Labute approximate surface area is 106 Å². The number of nitrogens with zero attached hydrogens (tertiary/aromatic N) is 1. The maximum Gasteiger partial charge on any atom is 0.161 e. The van der Waals surface area contributed by atoms with Crippen molar-refractivity contribution < 1.29 is 0 Å². The highest BCUT2D eigenvalue weighted by Gasteiger charge is 2.42. The summed E-state index contributed by atoms with van der Waals surface area (Å²) < 4.78 is 0. The molecule has 5 heteroatoms. The lowest BCUT2D eigenvalue weighted by molar-refractivity contribution is 0.412. The van der Waals surface area contributed by atoms with E-state index in [9.17, 15) is 0 Å². The molecule has 0 aromatic heterocycles. The molecule has 2 unspecified atom stereocenters. The molecule has 0 spiro atoms. The first kappa shape index (κ1) is 10.8. The van der Waals surface area contributed by atoms with E-state index >= 15 is 0 Å². The molecule has 0 saturated heterocycles. The Bertz CT molecular complexity index is 403. The van der Waals surface area contributed by atoms with Gasteiger partial charge in [0, 0.05) is 10.2 Å². The minimum absolute atomic E-state index is 0.390. The van der Waals surface area contributed by atoms with Gasteiger partial charge < -0.3 is 5.32 Å². The van der Waals surface area contributed by atoms with Gasteiger partial charge in [-0.25, -0.2) is 0 Å². The number of fused-ring (bicyclic) bond motifs is 1. The monoisotopic (exact) mass is 248 g/mol. The Morgan fingerprint density at radius 1 is 1.62 bits per heavy atom. The van der Waals surface area contributed by atoms with Gasteiger partial charge in [0.25, 0.3) is 0 Å². The Morgan fingerprint density at radius 3 is 3.19 bits per heavy atom. The van der Waals surface area contributed by atoms with E-state index in [1.165, 1.54) is 10.6 Å². The van der Waals surface area contributed by atoms with E-state index in [0.29, 0.717) is 17.0 Å². The number of nitrogens with one attached hydrogen (secondary N) is 1. The summed E-state index contributed by atoms with van der Waals surface area (Å²) in [6.45, 7) is 0.789. The highest BCUT2D eigenvalue weighted by Crippen LogP contribution is 2.55. The molecule has 0 aromatic rings. The highest BCUT2D eigenvalue weighted by molar-refractivity contribution is 8.13. The van der Waals surface area contributed by atoms with Crippen molar-refractivity contribution in [1.29, 1.82) is 0 Å². The summed E-state index contributed by atoms with van der Waals surface area (Å²) in [6, 6.07) is 0. The average molecular weight is 248 g/mol. The molecule has 3 rings (SSSR count). The molecule has 1 N–H and O–H groups in total. The van der Waals surface area contributed by atoms with E-state index in [2.05, 4.69) is 22.5 Å². The zero-order chi connectivity index (χ0) is 11.1. The zero-order valence-corrected chi connectivity index (χ0v) is 10.8. The fourth-order valence-electron chi connectivity index (χ4n) is 2.28. The van der Waals surface area contributed by atoms with E-state index in [4.69, 9.17) is 7.85 Å². The van der Waals surface area contributed by atoms with Crippen molar-refractivity contribution in [1.82, 2.24) is 5.32 Å². The van der Waals surface area contributed by atoms with Crippen LogP contribution in [0.4, 0.5) is 0 Å². The maximum absolute atomic E-state index is 5.99. The van der Waals surface area contributed by atoms with Crippen LogP contribution in [-0.4, -0.2) is 31.1 Å². The number of aliphatic imine (C=N–C) groups is 1. The third-order valence-corrected chi connectivity index (χ3v) is 5.45. The molecule has 2 nitrogen and oxygen atoms in total. The lowest BCUT2D eigenvalue weighted by Gasteiger charge is -2.37. The third kappa shape index (κ3) is 1.74. The molecular weight excluding hydrogens is 235 g/mol. The third-order valence-electron chi connectivity index (χ3n) is 3.25. The van der Waals surface area contributed by atoms with Crippen LogP contribution in [-0.2, 0) is 0 Å². The van der Waals surface area contributed by atoms with Crippen molar-refractivity contribution in [2.75, 3.05) is 12.8 Å². The van der Waals surface area contributed by atoms with Gasteiger partial charge in [0.15, 0.2) is 5.17 Å². The highest BCUT2D eigenvalue weighted by atomic mass is 32.2. The van der Waals surface area contributed by atoms with Gasteiger partial charge in [-0.3, -0.25) is 4.99 Å². The Balaban J connectivity index is 1.71. The van der Waals surface area contributed by atoms with E-state index < -0.39 is 0 Å². The summed E-state index contributed by atoms with van der Waals surface area (Å²) >= 11 is 3.59. The molecule has 0 bridgehead atoms. The minimum atomic E-state index is 0.390. The minimum Gasteiger partial charge on any atom is -0.334 e.